The first-order chi connectivity index (χ1) is 7.89. The van der Waals surface area contributed by atoms with Crippen LogP contribution >= 0.6 is 0 Å². The lowest BCUT2D eigenvalue weighted by Crippen LogP contribution is -2.32. The zero-order valence-electron chi connectivity index (χ0n) is 10.5. The molecule has 2 aliphatic rings. The summed E-state index contributed by atoms with van der Waals surface area (Å²) in [5.41, 5.74) is -0.409. The van der Waals surface area contributed by atoms with E-state index in [2.05, 4.69) is 0 Å². The van der Waals surface area contributed by atoms with Crippen LogP contribution in [0.2, 0.25) is 0 Å². The molecule has 1 amide bonds. The van der Waals surface area contributed by atoms with Gasteiger partial charge in [0.15, 0.2) is 0 Å². The minimum absolute atomic E-state index is 0.0260. The summed E-state index contributed by atoms with van der Waals surface area (Å²) in [5.74, 6) is -1.79. The second kappa shape index (κ2) is 3.98. The quantitative estimate of drug-likeness (QED) is 0.785. The van der Waals surface area contributed by atoms with Crippen LogP contribution in [0.1, 0.15) is 20.3 Å². The van der Waals surface area contributed by atoms with Gasteiger partial charge >= 0.3 is 5.97 Å². The molecule has 0 aromatic heterocycles. The van der Waals surface area contributed by atoms with E-state index >= 15 is 0 Å². The molecule has 2 fully saturated rings. The largest absolute Gasteiger partial charge is 0.481 e. The predicted molar refractivity (Wildman–Crippen MR) is 60.4 cm³/mol. The number of hydrogen-bond donors (Lipinski definition) is 1. The maximum absolute atomic E-state index is 12.2. The lowest BCUT2D eigenvalue weighted by atomic mass is 10.1. The molecule has 0 aromatic carbocycles. The number of nitrogens with zero attached hydrogens (tertiary/aromatic N) is 1. The van der Waals surface area contributed by atoms with Crippen LogP contribution in [0, 0.1) is 17.3 Å². The number of ether oxygens (including phenoxy) is 1. The van der Waals surface area contributed by atoms with Gasteiger partial charge in [-0.3, -0.25) is 9.59 Å². The third kappa shape index (κ3) is 1.92. The summed E-state index contributed by atoms with van der Waals surface area (Å²) in [4.78, 5) is 25.0. The van der Waals surface area contributed by atoms with E-state index in [9.17, 15) is 9.59 Å². The van der Waals surface area contributed by atoms with Gasteiger partial charge < -0.3 is 14.7 Å². The van der Waals surface area contributed by atoms with Gasteiger partial charge in [-0.2, -0.15) is 0 Å². The Morgan fingerprint density at radius 3 is 2.41 bits per heavy atom. The highest BCUT2D eigenvalue weighted by Gasteiger charge is 2.66. The fraction of sp³-hybridized carbons (Fsp3) is 0.833. The van der Waals surface area contributed by atoms with Gasteiger partial charge in [-0.05, 0) is 11.8 Å². The number of aliphatic carboxylic acids is 1. The molecule has 1 unspecified atom stereocenters. The Morgan fingerprint density at radius 2 is 2.00 bits per heavy atom. The van der Waals surface area contributed by atoms with E-state index < -0.39 is 17.3 Å². The second-order valence-corrected chi connectivity index (χ2v) is 5.55. The first kappa shape index (κ1) is 12.4. The Kier molecular flexibility index (Phi) is 2.89. The Labute approximate surface area is 101 Å². The van der Waals surface area contributed by atoms with Crippen molar-refractivity contribution in [3.63, 3.8) is 0 Å². The zero-order valence-corrected chi connectivity index (χ0v) is 10.5. The van der Waals surface area contributed by atoms with Crippen molar-refractivity contribution in [1.29, 1.82) is 0 Å². The van der Waals surface area contributed by atoms with E-state index in [1.165, 1.54) is 0 Å². The van der Waals surface area contributed by atoms with Crippen LogP contribution in [0.4, 0.5) is 0 Å². The molecule has 0 radical (unpaired) electrons. The molecule has 5 heteroatoms. The van der Waals surface area contributed by atoms with Gasteiger partial charge in [-0.15, -0.1) is 0 Å². The summed E-state index contributed by atoms with van der Waals surface area (Å²) >= 11 is 0. The summed E-state index contributed by atoms with van der Waals surface area (Å²) in [6.45, 7) is 4.96. The van der Waals surface area contributed by atoms with Crippen LogP contribution < -0.4 is 0 Å². The zero-order chi connectivity index (χ0) is 12.8. The average molecular weight is 241 g/mol. The SMILES string of the molecule is COC1CCN(C(=O)[C@H]2[C@@H](C(=O)O)C2(C)C)C1. The van der Waals surface area contributed by atoms with Crippen molar-refractivity contribution >= 4 is 11.9 Å². The van der Waals surface area contributed by atoms with Crippen LogP contribution in [-0.4, -0.2) is 48.2 Å². The summed E-state index contributed by atoms with van der Waals surface area (Å²) in [6.07, 6.45) is 0.941. The van der Waals surface area contributed by atoms with Gasteiger partial charge in [0.25, 0.3) is 0 Å². The summed E-state index contributed by atoms with van der Waals surface area (Å²) in [7, 11) is 1.64. The van der Waals surface area contributed by atoms with Crippen molar-refractivity contribution < 1.29 is 19.4 Å². The third-order valence-electron chi connectivity index (χ3n) is 4.15. The highest BCUT2D eigenvalue weighted by molar-refractivity contribution is 5.91. The number of amides is 1. The number of carbonyl (C=O) groups is 2. The Balaban J connectivity index is 2.01. The van der Waals surface area contributed by atoms with Crippen LogP contribution in [0.25, 0.3) is 0 Å². The number of methoxy groups -OCH3 is 1. The molecule has 2 rings (SSSR count). The number of likely N-dealkylation sites (tertiary alicyclic amines) is 1. The van der Waals surface area contributed by atoms with Crippen molar-refractivity contribution in [3.05, 3.63) is 0 Å². The maximum atomic E-state index is 12.2. The normalized spacial score (nSPS) is 34.8. The maximum Gasteiger partial charge on any atom is 0.307 e. The van der Waals surface area contributed by atoms with Crippen LogP contribution in [0.15, 0.2) is 0 Å². The highest BCUT2D eigenvalue weighted by Crippen LogP contribution is 2.59. The molecule has 96 valence electrons. The van der Waals surface area contributed by atoms with Crippen molar-refractivity contribution in [2.24, 2.45) is 17.3 Å². The Bertz CT molecular complexity index is 352. The lowest BCUT2D eigenvalue weighted by Gasteiger charge is -2.16. The Morgan fingerprint density at radius 1 is 1.35 bits per heavy atom. The summed E-state index contributed by atoms with van der Waals surface area (Å²) in [6, 6.07) is 0. The second-order valence-electron chi connectivity index (χ2n) is 5.55. The molecule has 1 saturated heterocycles. The van der Waals surface area contributed by atoms with E-state index in [0.29, 0.717) is 13.1 Å². The molecular formula is C12H19NO4. The molecule has 1 aliphatic carbocycles. The average Bonchev–Trinajstić information content (AvgIpc) is 2.63. The number of carbonyl (C=O) groups excluding carboxylic acids is 1. The number of carboxylic acids is 1. The summed E-state index contributed by atoms with van der Waals surface area (Å²) in [5, 5.41) is 9.05. The van der Waals surface area contributed by atoms with Gasteiger partial charge in [0.1, 0.15) is 0 Å². The van der Waals surface area contributed by atoms with Gasteiger partial charge in [0, 0.05) is 20.2 Å². The van der Waals surface area contributed by atoms with E-state index in [1.807, 2.05) is 13.8 Å². The van der Waals surface area contributed by atoms with Gasteiger partial charge in [0.05, 0.1) is 17.9 Å². The first-order valence-electron chi connectivity index (χ1n) is 5.94. The molecule has 1 N–H and O–H groups in total. The fourth-order valence-electron chi connectivity index (χ4n) is 2.88. The van der Waals surface area contributed by atoms with Gasteiger partial charge in [0.2, 0.25) is 5.91 Å². The molecule has 1 aliphatic heterocycles. The number of hydrogen-bond acceptors (Lipinski definition) is 3. The standard InChI is InChI=1S/C12H19NO4/c1-12(2)8(9(12)11(15)16)10(14)13-5-4-7(6-13)17-3/h7-9H,4-6H2,1-3H3,(H,15,16)/t7?,8-,9+/m1/s1. The van der Waals surface area contributed by atoms with Crippen molar-refractivity contribution in [2.45, 2.75) is 26.4 Å². The van der Waals surface area contributed by atoms with E-state index in [1.54, 1.807) is 12.0 Å². The lowest BCUT2D eigenvalue weighted by molar-refractivity contribution is -0.141. The molecule has 1 saturated carbocycles. The molecule has 5 nitrogen and oxygen atoms in total. The third-order valence-corrected chi connectivity index (χ3v) is 4.15. The number of carboxylic acid groups (broad SMARTS) is 1. The van der Waals surface area contributed by atoms with E-state index in [-0.39, 0.29) is 17.9 Å². The van der Waals surface area contributed by atoms with E-state index in [0.717, 1.165) is 6.42 Å². The van der Waals surface area contributed by atoms with Crippen molar-refractivity contribution in [1.82, 2.24) is 4.90 Å². The van der Waals surface area contributed by atoms with Crippen LogP contribution in [0.3, 0.4) is 0 Å². The first-order valence-corrected chi connectivity index (χ1v) is 5.94. The fourth-order valence-corrected chi connectivity index (χ4v) is 2.88. The van der Waals surface area contributed by atoms with Crippen LogP contribution in [0.5, 0.6) is 0 Å². The number of rotatable bonds is 3. The smallest absolute Gasteiger partial charge is 0.307 e. The molecule has 0 bridgehead atoms. The molecule has 1 heterocycles. The summed E-state index contributed by atoms with van der Waals surface area (Å²) < 4.78 is 5.21. The topological polar surface area (TPSA) is 66.8 Å². The van der Waals surface area contributed by atoms with E-state index in [4.69, 9.17) is 9.84 Å². The molecule has 0 aromatic rings. The minimum atomic E-state index is -0.865. The minimum Gasteiger partial charge on any atom is -0.481 e. The van der Waals surface area contributed by atoms with Crippen molar-refractivity contribution in [3.8, 4) is 0 Å². The molecule has 17 heavy (non-hydrogen) atoms. The molecule has 3 atom stereocenters. The van der Waals surface area contributed by atoms with Crippen molar-refractivity contribution in [2.75, 3.05) is 20.2 Å². The molecular weight excluding hydrogens is 222 g/mol. The molecule has 0 spiro atoms. The predicted octanol–water partition coefficient (Wildman–Crippen LogP) is 0.590. The van der Waals surface area contributed by atoms with Gasteiger partial charge in [-0.1, -0.05) is 13.8 Å². The monoisotopic (exact) mass is 241 g/mol. The highest BCUT2D eigenvalue weighted by atomic mass is 16.5. The van der Waals surface area contributed by atoms with Gasteiger partial charge in [-0.25, -0.2) is 0 Å². The van der Waals surface area contributed by atoms with Crippen LogP contribution in [-0.2, 0) is 14.3 Å². The Hall–Kier alpha value is -1.10.